The standard InChI is InChI=1S/C17H17N3O3S/c1-22-12-6-5-11(14(8-12)23-2)9-18-17(21)13-10-19-20-16(13)15-4-3-7-24-15/h3-8,10H,9H2,1-2H3,(H,18,21)(H,19,20). The van der Waals surface area contributed by atoms with Crippen LogP contribution in [0.5, 0.6) is 11.5 Å². The van der Waals surface area contributed by atoms with Crippen molar-refractivity contribution in [1.82, 2.24) is 15.5 Å². The van der Waals surface area contributed by atoms with Crippen molar-refractivity contribution >= 4 is 17.2 Å². The molecule has 3 aromatic rings. The van der Waals surface area contributed by atoms with Gasteiger partial charge in [0.15, 0.2) is 0 Å². The highest BCUT2D eigenvalue weighted by Crippen LogP contribution is 2.27. The van der Waals surface area contributed by atoms with Crippen LogP contribution in [0.1, 0.15) is 15.9 Å². The van der Waals surface area contributed by atoms with Crippen molar-refractivity contribution in [2.24, 2.45) is 0 Å². The number of carbonyl (C=O) groups is 1. The highest BCUT2D eigenvalue weighted by atomic mass is 32.1. The van der Waals surface area contributed by atoms with E-state index in [1.807, 2.05) is 29.6 Å². The molecule has 0 atom stereocenters. The van der Waals surface area contributed by atoms with E-state index in [9.17, 15) is 4.79 Å². The van der Waals surface area contributed by atoms with E-state index in [1.54, 1.807) is 31.6 Å². The zero-order valence-corrected chi connectivity index (χ0v) is 14.1. The Hall–Kier alpha value is -2.80. The van der Waals surface area contributed by atoms with Crippen LogP contribution in [0.4, 0.5) is 0 Å². The summed E-state index contributed by atoms with van der Waals surface area (Å²) in [4.78, 5) is 13.5. The van der Waals surface area contributed by atoms with E-state index in [-0.39, 0.29) is 5.91 Å². The smallest absolute Gasteiger partial charge is 0.255 e. The number of aromatic amines is 1. The molecule has 0 aliphatic rings. The van der Waals surface area contributed by atoms with Gasteiger partial charge in [0.25, 0.3) is 5.91 Å². The summed E-state index contributed by atoms with van der Waals surface area (Å²) < 4.78 is 10.5. The van der Waals surface area contributed by atoms with Gasteiger partial charge < -0.3 is 14.8 Å². The van der Waals surface area contributed by atoms with Crippen LogP contribution in [0.25, 0.3) is 10.6 Å². The Balaban J connectivity index is 1.74. The van der Waals surface area contributed by atoms with Crippen molar-refractivity contribution in [2.45, 2.75) is 6.54 Å². The average Bonchev–Trinajstić information content (AvgIpc) is 3.30. The highest BCUT2D eigenvalue weighted by molar-refractivity contribution is 7.13. The number of thiophene rings is 1. The number of ether oxygens (including phenoxy) is 2. The molecule has 6 nitrogen and oxygen atoms in total. The van der Waals surface area contributed by atoms with E-state index in [1.165, 1.54) is 6.20 Å². The van der Waals surface area contributed by atoms with E-state index < -0.39 is 0 Å². The van der Waals surface area contributed by atoms with Crippen molar-refractivity contribution in [3.8, 4) is 22.1 Å². The zero-order valence-electron chi connectivity index (χ0n) is 13.3. The number of amides is 1. The summed E-state index contributed by atoms with van der Waals surface area (Å²) >= 11 is 1.55. The number of aromatic nitrogens is 2. The third kappa shape index (κ3) is 3.26. The zero-order chi connectivity index (χ0) is 16.9. The molecule has 0 spiro atoms. The van der Waals surface area contributed by atoms with Crippen LogP contribution in [0.3, 0.4) is 0 Å². The molecule has 7 heteroatoms. The Morgan fingerprint density at radius 1 is 1.29 bits per heavy atom. The minimum Gasteiger partial charge on any atom is -0.497 e. The number of rotatable bonds is 6. The van der Waals surface area contributed by atoms with E-state index in [4.69, 9.17) is 9.47 Å². The molecule has 0 unspecified atom stereocenters. The third-order valence-electron chi connectivity index (χ3n) is 3.59. The summed E-state index contributed by atoms with van der Waals surface area (Å²) in [5.74, 6) is 1.18. The van der Waals surface area contributed by atoms with E-state index >= 15 is 0 Å². The van der Waals surface area contributed by atoms with Gasteiger partial charge in [-0.05, 0) is 23.6 Å². The molecular weight excluding hydrogens is 326 g/mol. The minimum absolute atomic E-state index is 0.190. The minimum atomic E-state index is -0.190. The van der Waals surface area contributed by atoms with Gasteiger partial charge in [-0.15, -0.1) is 11.3 Å². The second-order valence-electron chi connectivity index (χ2n) is 5.00. The van der Waals surface area contributed by atoms with Crippen molar-refractivity contribution in [1.29, 1.82) is 0 Å². The summed E-state index contributed by atoms with van der Waals surface area (Å²) in [6.45, 7) is 0.348. The summed E-state index contributed by atoms with van der Waals surface area (Å²) in [5.41, 5.74) is 2.11. The summed E-state index contributed by atoms with van der Waals surface area (Å²) in [5, 5.41) is 11.7. The Bertz CT molecular complexity index is 827. The number of benzene rings is 1. The molecule has 0 saturated heterocycles. The molecule has 0 radical (unpaired) electrons. The predicted octanol–water partition coefficient (Wildman–Crippen LogP) is 3.09. The summed E-state index contributed by atoms with van der Waals surface area (Å²) in [6, 6.07) is 9.37. The molecule has 24 heavy (non-hydrogen) atoms. The molecular formula is C17H17N3O3S. The number of H-pyrrole nitrogens is 1. The first-order chi connectivity index (χ1) is 11.7. The molecule has 124 valence electrons. The van der Waals surface area contributed by atoms with Crippen molar-refractivity contribution in [3.63, 3.8) is 0 Å². The average molecular weight is 343 g/mol. The Morgan fingerprint density at radius 3 is 2.88 bits per heavy atom. The van der Waals surface area contributed by atoms with Crippen molar-refractivity contribution in [3.05, 3.63) is 53.0 Å². The van der Waals surface area contributed by atoms with Crippen LogP contribution in [-0.4, -0.2) is 30.3 Å². The predicted molar refractivity (Wildman–Crippen MR) is 92.6 cm³/mol. The lowest BCUT2D eigenvalue weighted by Gasteiger charge is -2.11. The number of methoxy groups -OCH3 is 2. The van der Waals surface area contributed by atoms with Gasteiger partial charge in [-0.2, -0.15) is 5.10 Å². The highest BCUT2D eigenvalue weighted by Gasteiger charge is 2.16. The molecule has 3 rings (SSSR count). The van der Waals surface area contributed by atoms with E-state index in [2.05, 4.69) is 15.5 Å². The molecule has 1 amide bonds. The maximum atomic E-state index is 12.5. The first-order valence-electron chi connectivity index (χ1n) is 7.29. The molecule has 0 aliphatic carbocycles. The van der Waals surface area contributed by atoms with Gasteiger partial charge in [-0.25, -0.2) is 0 Å². The van der Waals surface area contributed by atoms with E-state index in [0.29, 0.717) is 23.6 Å². The van der Waals surface area contributed by atoms with Gasteiger partial charge in [0, 0.05) is 18.2 Å². The topological polar surface area (TPSA) is 76.2 Å². The van der Waals surface area contributed by atoms with E-state index in [0.717, 1.165) is 16.1 Å². The van der Waals surface area contributed by atoms with Gasteiger partial charge in [0.1, 0.15) is 11.5 Å². The Kier molecular flexibility index (Phi) is 4.81. The fourth-order valence-electron chi connectivity index (χ4n) is 2.34. The van der Waals surface area contributed by atoms with Crippen LogP contribution in [-0.2, 0) is 6.54 Å². The van der Waals surface area contributed by atoms with Crippen molar-refractivity contribution in [2.75, 3.05) is 14.2 Å². The molecule has 2 N–H and O–H groups in total. The van der Waals surface area contributed by atoms with Gasteiger partial charge in [0.05, 0.1) is 36.6 Å². The van der Waals surface area contributed by atoms with Gasteiger partial charge in [-0.3, -0.25) is 9.89 Å². The summed E-state index contributed by atoms with van der Waals surface area (Å²) in [7, 11) is 3.19. The normalized spacial score (nSPS) is 10.4. The Morgan fingerprint density at radius 2 is 2.17 bits per heavy atom. The van der Waals surface area contributed by atoms with Crippen LogP contribution < -0.4 is 14.8 Å². The molecule has 1 aromatic carbocycles. The largest absolute Gasteiger partial charge is 0.497 e. The number of nitrogens with one attached hydrogen (secondary N) is 2. The van der Waals surface area contributed by atoms with Crippen LogP contribution in [0, 0.1) is 0 Å². The first kappa shape index (κ1) is 16.1. The fourth-order valence-corrected chi connectivity index (χ4v) is 3.07. The number of hydrogen-bond acceptors (Lipinski definition) is 5. The molecule has 2 aromatic heterocycles. The van der Waals surface area contributed by atoms with Gasteiger partial charge >= 0.3 is 0 Å². The van der Waals surface area contributed by atoms with Gasteiger partial charge in [0.2, 0.25) is 0 Å². The molecule has 0 fully saturated rings. The SMILES string of the molecule is COc1ccc(CNC(=O)c2cn[nH]c2-c2cccs2)c(OC)c1. The van der Waals surface area contributed by atoms with Crippen LogP contribution in [0.2, 0.25) is 0 Å². The monoisotopic (exact) mass is 343 g/mol. The molecule has 0 saturated carbocycles. The maximum Gasteiger partial charge on any atom is 0.255 e. The van der Waals surface area contributed by atoms with Crippen molar-refractivity contribution < 1.29 is 14.3 Å². The number of carbonyl (C=O) groups excluding carboxylic acids is 1. The first-order valence-corrected chi connectivity index (χ1v) is 8.17. The van der Waals surface area contributed by atoms with Crippen LogP contribution in [0.15, 0.2) is 41.9 Å². The second kappa shape index (κ2) is 7.18. The summed E-state index contributed by atoms with van der Waals surface area (Å²) in [6.07, 6.45) is 1.54. The molecule has 0 bridgehead atoms. The van der Waals surface area contributed by atoms with Gasteiger partial charge in [-0.1, -0.05) is 6.07 Å². The lowest BCUT2D eigenvalue weighted by Crippen LogP contribution is -2.23. The Labute approximate surface area is 143 Å². The third-order valence-corrected chi connectivity index (χ3v) is 4.47. The maximum absolute atomic E-state index is 12.5. The van der Waals surface area contributed by atoms with Crippen LogP contribution >= 0.6 is 11.3 Å². The quantitative estimate of drug-likeness (QED) is 0.721. The fraction of sp³-hybridized carbons (Fsp3) is 0.176. The number of nitrogens with zero attached hydrogens (tertiary/aromatic N) is 1. The second-order valence-corrected chi connectivity index (χ2v) is 5.94. The lowest BCUT2D eigenvalue weighted by molar-refractivity contribution is 0.0951. The lowest BCUT2D eigenvalue weighted by atomic mass is 10.1. The molecule has 0 aliphatic heterocycles. The number of hydrogen-bond donors (Lipinski definition) is 2. The molecule has 2 heterocycles.